The quantitative estimate of drug-likeness (QED) is 0.102. The van der Waals surface area contributed by atoms with Crippen LogP contribution in [0.5, 0.6) is 0 Å². The molecule has 0 bridgehead atoms. The lowest BCUT2D eigenvalue weighted by Gasteiger charge is -2.30. The highest BCUT2D eigenvalue weighted by atomic mass is 19.1. The van der Waals surface area contributed by atoms with Gasteiger partial charge in [0.25, 0.3) is 0 Å². The van der Waals surface area contributed by atoms with Crippen molar-refractivity contribution in [3.05, 3.63) is 143 Å². The molecule has 4 amide bonds. The van der Waals surface area contributed by atoms with Crippen LogP contribution in [0, 0.1) is 11.6 Å². The van der Waals surface area contributed by atoms with Crippen LogP contribution >= 0.6 is 0 Å². The first-order valence-corrected chi connectivity index (χ1v) is 25.0. The summed E-state index contributed by atoms with van der Waals surface area (Å²) >= 11 is 0. The number of likely N-dealkylation sites (tertiary alicyclic amines) is 4. The van der Waals surface area contributed by atoms with Crippen LogP contribution in [0.4, 0.5) is 28.0 Å². The lowest BCUT2D eigenvalue weighted by Crippen LogP contribution is -2.46. The minimum absolute atomic E-state index is 0.0280. The van der Waals surface area contributed by atoms with E-state index in [2.05, 4.69) is 9.97 Å². The first-order chi connectivity index (χ1) is 35.6. The number of ether oxygens (including phenoxy) is 5. The molecule has 0 aliphatic carbocycles. The minimum atomic E-state index is -0.973. The fraction of sp³-hybridized carbons (Fsp3) is 0.411. The van der Waals surface area contributed by atoms with E-state index in [1.54, 1.807) is 75.9 Å². The van der Waals surface area contributed by atoms with Gasteiger partial charge in [-0.25, -0.2) is 28.0 Å². The van der Waals surface area contributed by atoms with E-state index in [4.69, 9.17) is 23.7 Å². The van der Waals surface area contributed by atoms with Crippen molar-refractivity contribution in [2.24, 2.45) is 0 Å². The molecule has 4 aliphatic heterocycles. The first-order valence-electron chi connectivity index (χ1n) is 25.0. The molecule has 4 aromatic carbocycles. The number of aromatic amines is 2. The number of aliphatic hydroxyl groups is 1. The number of esters is 1. The third-order valence-corrected chi connectivity index (χ3v) is 13.9. The standard InChI is InChI=1S/C29H32FN3O6.C27H30FN3O5/c1-17(34)38-24-15-33(28(36)39-29(2,3)4)25-22(21-13-31-23-12-19(30)10-11-20(21)23)14-32(26(24)25)27(35)37-16-18-8-6-5-7-9-18;1-27(2,3)36-26(34)31-14-22(32)24-23(31)20(19-12-29-21-11-17(28)9-10-18(19)21)13-30(24)25(33)35-15-16-7-5-4-6-8-16/h5-13,22,24-26,31H,14-16H2,1-4H3;4-12,20,22-24,29,32H,13-15H2,1-3H3/t22-,24+,25+,26+;20-,22+,23+,24+/m00/s1. The van der Waals surface area contributed by atoms with E-state index in [1.165, 1.54) is 41.0 Å². The largest absolute Gasteiger partial charge is 0.458 e. The topological polar surface area (TPSA) is 196 Å². The molecule has 6 aromatic rings. The molecule has 0 unspecified atom stereocenters. The fourth-order valence-corrected chi connectivity index (χ4v) is 11.0. The average Bonchev–Trinajstić information content (AvgIpc) is 4.22. The van der Waals surface area contributed by atoms with E-state index < -0.39 is 77.9 Å². The van der Waals surface area contributed by atoms with E-state index in [1.807, 2.05) is 60.7 Å². The van der Waals surface area contributed by atoms with Crippen LogP contribution in [0.25, 0.3) is 21.8 Å². The molecule has 0 saturated carbocycles. The number of nitrogens with zero attached hydrogens (tertiary/aromatic N) is 4. The number of aromatic nitrogens is 2. The summed E-state index contributed by atoms with van der Waals surface area (Å²) in [5.41, 5.74) is 3.07. The molecule has 75 heavy (non-hydrogen) atoms. The van der Waals surface area contributed by atoms with Crippen LogP contribution in [0.1, 0.15) is 82.6 Å². The molecular weight excluding hydrogens is 971 g/mol. The van der Waals surface area contributed by atoms with Gasteiger partial charge in [-0.2, -0.15) is 0 Å². The van der Waals surface area contributed by atoms with Crippen molar-refractivity contribution in [3.8, 4) is 0 Å². The Morgan fingerprint density at radius 1 is 0.560 bits per heavy atom. The second-order valence-electron chi connectivity index (χ2n) is 21.4. The molecule has 3 N–H and O–H groups in total. The highest BCUT2D eigenvalue weighted by Gasteiger charge is 2.60. The number of β-amino-alcohol motifs (C(OH)–C–C–N with tert-alkyl or cyclic N) is 1. The first kappa shape index (κ1) is 52.2. The summed E-state index contributed by atoms with van der Waals surface area (Å²) in [7, 11) is 0. The number of carbonyl (C=O) groups is 5. The van der Waals surface area contributed by atoms with Crippen LogP contribution in [0.2, 0.25) is 0 Å². The van der Waals surface area contributed by atoms with Gasteiger partial charge in [0.1, 0.15) is 42.2 Å². The van der Waals surface area contributed by atoms with E-state index in [0.717, 1.165) is 33.0 Å². The maximum atomic E-state index is 13.9. The lowest BCUT2D eigenvalue weighted by molar-refractivity contribution is -0.147. The molecule has 4 aliphatic rings. The van der Waals surface area contributed by atoms with E-state index in [0.29, 0.717) is 11.0 Å². The number of hydrogen-bond donors (Lipinski definition) is 3. The summed E-state index contributed by atoms with van der Waals surface area (Å²) < 4.78 is 56.0. The predicted molar refractivity (Wildman–Crippen MR) is 271 cm³/mol. The molecule has 17 nitrogen and oxygen atoms in total. The van der Waals surface area contributed by atoms with Gasteiger partial charge in [0.2, 0.25) is 0 Å². The molecule has 396 valence electrons. The fourth-order valence-electron chi connectivity index (χ4n) is 11.0. The number of rotatable bonds is 7. The van der Waals surface area contributed by atoms with Gasteiger partial charge in [-0.05, 0) is 100 Å². The minimum Gasteiger partial charge on any atom is -0.458 e. The Kier molecular flexibility index (Phi) is 14.6. The van der Waals surface area contributed by atoms with Crippen molar-refractivity contribution in [1.29, 1.82) is 0 Å². The zero-order valence-electron chi connectivity index (χ0n) is 42.8. The number of benzene rings is 4. The van der Waals surface area contributed by atoms with E-state index >= 15 is 0 Å². The summed E-state index contributed by atoms with van der Waals surface area (Å²) in [5.74, 6) is -1.99. The normalized spacial score (nSPS) is 23.1. The van der Waals surface area contributed by atoms with Crippen molar-refractivity contribution in [2.45, 2.75) is 121 Å². The lowest BCUT2D eigenvalue weighted by atomic mass is 9.91. The molecule has 6 heterocycles. The van der Waals surface area contributed by atoms with Gasteiger partial charge in [0.15, 0.2) is 0 Å². The number of aliphatic hydroxyl groups excluding tert-OH is 1. The van der Waals surface area contributed by atoms with Gasteiger partial charge in [0, 0.05) is 66.0 Å². The zero-order valence-corrected chi connectivity index (χ0v) is 42.8. The Hall–Kier alpha value is -7.67. The number of carbonyl (C=O) groups excluding carboxylic acids is 5. The van der Waals surface area contributed by atoms with Gasteiger partial charge in [-0.3, -0.25) is 24.4 Å². The monoisotopic (exact) mass is 1030 g/mol. The van der Waals surface area contributed by atoms with Gasteiger partial charge in [0.05, 0.1) is 43.4 Å². The van der Waals surface area contributed by atoms with Crippen molar-refractivity contribution in [2.75, 3.05) is 26.2 Å². The molecule has 10 rings (SSSR count). The number of amides is 4. The highest BCUT2D eigenvalue weighted by molar-refractivity contribution is 5.86. The second kappa shape index (κ2) is 20.9. The van der Waals surface area contributed by atoms with Gasteiger partial charge in [-0.1, -0.05) is 60.7 Å². The second-order valence-corrected chi connectivity index (χ2v) is 21.4. The SMILES string of the molecule is CC(=O)O[C@@H]1CN(C(=O)OC(C)(C)C)[C@H]2[C@@H]1N(C(=O)OCc1ccccc1)C[C@H]2c1c[nH]c2cc(F)ccc12.CC(C)(C)OC(=O)N1C[C@@H](O)[C@@H]2[C@H]1[C@H](c1c[nH]c3cc(F)ccc13)CN2C(=O)OCc1ccccc1. The molecule has 4 saturated heterocycles. The molecule has 4 fully saturated rings. The maximum Gasteiger partial charge on any atom is 0.410 e. The Balaban J connectivity index is 0.000000184. The number of H-pyrrole nitrogens is 2. The Morgan fingerprint density at radius 3 is 1.41 bits per heavy atom. The molecule has 8 atom stereocenters. The van der Waals surface area contributed by atoms with Crippen molar-refractivity contribution >= 4 is 52.1 Å². The van der Waals surface area contributed by atoms with Crippen molar-refractivity contribution in [1.82, 2.24) is 29.6 Å². The zero-order chi connectivity index (χ0) is 53.5. The van der Waals surface area contributed by atoms with Crippen LogP contribution in [-0.4, -0.2) is 139 Å². The number of hydrogen-bond acceptors (Lipinski definition) is 11. The van der Waals surface area contributed by atoms with Crippen LogP contribution in [0.15, 0.2) is 109 Å². The summed E-state index contributed by atoms with van der Waals surface area (Å²) in [6.07, 6.45) is -0.458. The third kappa shape index (κ3) is 11.2. The molecule has 2 aromatic heterocycles. The smallest absolute Gasteiger partial charge is 0.410 e. The van der Waals surface area contributed by atoms with Crippen LogP contribution in [0.3, 0.4) is 0 Å². The molecule has 19 heteroatoms. The molecular formula is C56H62F2N6O11. The van der Waals surface area contributed by atoms with E-state index in [9.17, 15) is 37.9 Å². The van der Waals surface area contributed by atoms with Gasteiger partial charge in [-0.15, -0.1) is 0 Å². The van der Waals surface area contributed by atoms with Crippen LogP contribution < -0.4 is 0 Å². The summed E-state index contributed by atoms with van der Waals surface area (Å²) in [5, 5.41) is 12.6. The van der Waals surface area contributed by atoms with Gasteiger partial charge < -0.3 is 38.8 Å². The Morgan fingerprint density at radius 2 is 0.973 bits per heavy atom. The maximum absolute atomic E-state index is 13.9. The van der Waals surface area contributed by atoms with Crippen LogP contribution in [-0.2, 0) is 41.7 Å². The van der Waals surface area contributed by atoms with Gasteiger partial charge >= 0.3 is 30.3 Å². The third-order valence-electron chi connectivity index (χ3n) is 13.9. The summed E-state index contributed by atoms with van der Waals surface area (Å²) in [6, 6.07) is 25.1. The number of nitrogens with one attached hydrogen (secondary N) is 2. The molecule has 0 spiro atoms. The average molecular weight is 1030 g/mol. The van der Waals surface area contributed by atoms with E-state index in [-0.39, 0.29) is 62.9 Å². The Bertz CT molecular complexity index is 3060. The van der Waals surface area contributed by atoms with Crippen molar-refractivity contribution < 1.29 is 61.5 Å². The summed E-state index contributed by atoms with van der Waals surface area (Å²) in [6.45, 7) is 12.6. The Labute approximate surface area is 432 Å². The number of fused-ring (bicyclic) bond motifs is 4. The molecule has 0 radical (unpaired) electrons. The predicted octanol–water partition coefficient (Wildman–Crippen LogP) is 9.35. The highest BCUT2D eigenvalue weighted by Crippen LogP contribution is 2.46. The van der Waals surface area contributed by atoms with Crippen molar-refractivity contribution in [3.63, 3.8) is 0 Å². The number of halogens is 2. The summed E-state index contributed by atoms with van der Waals surface area (Å²) in [4.78, 5) is 77.7.